The van der Waals surface area contributed by atoms with Gasteiger partial charge in [-0.1, -0.05) is 34.1 Å². The molecule has 0 atom stereocenters. The number of methoxy groups -OCH3 is 1. The van der Waals surface area contributed by atoms with Crippen LogP contribution in [0.15, 0.2) is 59.2 Å². The van der Waals surface area contributed by atoms with Gasteiger partial charge in [0.15, 0.2) is 0 Å². The smallest absolute Gasteiger partial charge is 0.224 e. The van der Waals surface area contributed by atoms with Crippen LogP contribution < -0.4 is 15.0 Å². The summed E-state index contributed by atoms with van der Waals surface area (Å²) in [5.41, 5.74) is 3.70. The zero-order chi connectivity index (χ0) is 17.9. The van der Waals surface area contributed by atoms with E-state index in [2.05, 4.69) is 49.3 Å². The highest BCUT2D eigenvalue weighted by molar-refractivity contribution is 9.10. The Kier molecular flexibility index (Phi) is 4.75. The van der Waals surface area contributed by atoms with Gasteiger partial charge in [-0.15, -0.1) is 0 Å². The number of anilines is 3. The van der Waals surface area contributed by atoms with E-state index in [4.69, 9.17) is 9.72 Å². The van der Waals surface area contributed by atoms with Crippen molar-refractivity contribution in [1.29, 1.82) is 0 Å². The van der Waals surface area contributed by atoms with Crippen molar-refractivity contribution in [3.05, 3.63) is 70.3 Å². The molecule has 0 saturated carbocycles. The number of aromatic nitrogens is 2. The van der Waals surface area contributed by atoms with E-state index in [0.717, 1.165) is 34.6 Å². The van der Waals surface area contributed by atoms with E-state index in [1.54, 1.807) is 13.3 Å². The number of nitrogens with one attached hydrogen (secondary N) is 1. The van der Waals surface area contributed by atoms with Crippen molar-refractivity contribution in [2.45, 2.75) is 13.0 Å². The molecule has 0 spiro atoms. The summed E-state index contributed by atoms with van der Waals surface area (Å²) < 4.78 is 6.27. The number of hydrogen-bond acceptors (Lipinski definition) is 5. The highest BCUT2D eigenvalue weighted by Crippen LogP contribution is 2.35. The van der Waals surface area contributed by atoms with Crippen LogP contribution in [0.3, 0.4) is 0 Å². The topological polar surface area (TPSA) is 50.3 Å². The number of halogens is 1. The second kappa shape index (κ2) is 7.33. The van der Waals surface area contributed by atoms with Gasteiger partial charge in [0.2, 0.25) is 5.95 Å². The highest BCUT2D eigenvalue weighted by atomic mass is 79.9. The number of benzene rings is 2. The second-order valence-electron chi connectivity index (χ2n) is 6.11. The van der Waals surface area contributed by atoms with Gasteiger partial charge in [-0.2, -0.15) is 4.98 Å². The third-order valence-electron chi connectivity index (χ3n) is 4.47. The minimum atomic E-state index is 0.627. The molecule has 1 aliphatic heterocycles. The molecule has 1 aromatic heterocycles. The molecule has 4 rings (SSSR count). The SMILES string of the molecule is COc1ccc(CNc2nccc(N3CCc4ccc(Br)cc43)n2)cc1. The minimum Gasteiger partial charge on any atom is -0.497 e. The van der Waals surface area contributed by atoms with Crippen LogP contribution in [0.5, 0.6) is 5.75 Å². The predicted molar refractivity (Wildman–Crippen MR) is 107 cm³/mol. The van der Waals surface area contributed by atoms with Crippen molar-refractivity contribution in [2.75, 3.05) is 23.9 Å². The first-order valence-corrected chi connectivity index (χ1v) is 9.28. The van der Waals surface area contributed by atoms with Crippen molar-refractivity contribution >= 4 is 33.4 Å². The molecule has 0 amide bonds. The molecular weight excluding hydrogens is 392 g/mol. The Bertz CT molecular complexity index is 914. The maximum Gasteiger partial charge on any atom is 0.224 e. The Morgan fingerprint density at radius 3 is 2.81 bits per heavy atom. The van der Waals surface area contributed by atoms with Crippen molar-refractivity contribution in [3.63, 3.8) is 0 Å². The van der Waals surface area contributed by atoms with Gasteiger partial charge in [0.1, 0.15) is 11.6 Å². The van der Waals surface area contributed by atoms with E-state index >= 15 is 0 Å². The first kappa shape index (κ1) is 16.8. The Morgan fingerprint density at radius 2 is 2.00 bits per heavy atom. The Hall–Kier alpha value is -2.60. The minimum absolute atomic E-state index is 0.627. The Balaban J connectivity index is 1.50. The fourth-order valence-corrected chi connectivity index (χ4v) is 3.45. The zero-order valence-corrected chi connectivity index (χ0v) is 16.0. The average Bonchev–Trinajstić information content (AvgIpc) is 3.10. The van der Waals surface area contributed by atoms with Gasteiger partial charge in [0, 0.05) is 29.4 Å². The molecule has 0 saturated heterocycles. The molecule has 0 aliphatic carbocycles. The summed E-state index contributed by atoms with van der Waals surface area (Å²) in [6, 6.07) is 16.3. The van der Waals surface area contributed by atoms with Crippen LogP contribution >= 0.6 is 15.9 Å². The third-order valence-corrected chi connectivity index (χ3v) is 4.96. The van der Waals surface area contributed by atoms with E-state index in [0.29, 0.717) is 12.5 Å². The number of rotatable bonds is 5. The Labute approximate surface area is 161 Å². The van der Waals surface area contributed by atoms with E-state index < -0.39 is 0 Å². The molecule has 5 nitrogen and oxygen atoms in total. The van der Waals surface area contributed by atoms with Crippen molar-refractivity contribution in [1.82, 2.24) is 9.97 Å². The van der Waals surface area contributed by atoms with Gasteiger partial charge in [-0.3, -0.25) is 0 Å². The fraction of sp³-hybridized carbons (Fsp3) is 0.200. The monoisotopic (exact) mass is 410 g/mol. The lowest BCUT2D eigenvalue weighted by atomic mass is 10.2. The summed E-state index contributed by atoms with van der Waals surface area (Å²) in [7, 11) is 1.67. The first-order chi connectivity index (χ1) is 12.7. The molecule has 0 unspecified atom stereocenters. The molecule has 1 N–H and O–H groups in total. The summed E-state index contributed by atoms with van der Waals surface area (Å²) in [6.45, 7) is 1.59. The van der Waals surface area contributed by atoms with Crippen molar-refractivity contribution < 1.29 is 4.74 Å². The largest absolute Gasteiger partial charge is 0.497 e. The van der Waals surface area contributed by atoms with Gasteiger partial charge < -0.3 is 15.0 Å². The Morgan fingerprint density at radius 1 is 1.15 bits per heavy atom. The maximum absolute atomic E-state index is 5.19. The number of fused-ring (bicyclic) bond motifs is 1. The highest BCUT2D eigenvalue weighted by Gasteiger charge is 2.21. The lowest BCUT2D eigenvalue weighted by molar-refractivity contribution is 0.414. The summed E-state index contributed by atoms with van der Waals surface area (Å²) in [5.74, 6) is 2.39. The first-order valence-electron chi connectivity index (χ1n) is 8.49. The summed E-state index contributed by atoms with van der Waals surface area (Å²) in [5, 5.41) is 3.30. The molecule has 26 heavy (non-hydrogen) atoms. The second-order valence-corrected chi connectivity index (χ2v) is 7.03. The molecule has 0 radical (unpaired) electrons. The summed E-state index contributed by atoms with van der Waals surface area (Å²) in [4.78, 5) is 11.3. The van der Waals surface area contributed by atoms with Gasteiger partial charge in [-0.05, 0) is 47.9 Å². The van der Waals surface area contributed by atoms with E-state index in [-0.39, 0.29) is 0 Å². The van der Waals surface area contributed by atoms with Gasteiger partial charge in [-0.25, -0.2) is 4.98 Å². The van der Waals surface area contributed by atoms with E-state index in [1.165, 1.54) is 11.3 Å². The molecule has 2 heterocycles. The van der Waals surface area contributed by atoms with Crippen LogP contribution in [0.4, 0.5) is 17.5 Å². The molecule has 6 heteroatoms. The van der Waals surface area contributed by atoms with Gasteiger partial charge in [0.25, 0.3) is 0 Å². The van der Waals surface area contributed by atoms with E-state index in [1.807, 2.05) is 30.3 Å². The molecule has 1 aliphatic rings. The van der Waals surface area contributed by atoms with Crippen molar-refractivity contribution in [3.8, 4) is 5.75 Å². The molecule has 0 fully saturated rings. The van der Waals surface area contributed by atoms with E-state index in [9.17, 15) is 0 Å². The van der Waals surface area contributed by atoms with Crippen LogP contribution in [-0.4, -0.2) is 23.6 Å². The van der Waals surface area contributed by atoms with Crippen LogP contribution in [0.25, 0.3) is 0 Å². The normalized spacial score (nSPS) is 12.8. The third kappa shape index (κ3) is 3.51. The van der Waals surface area contributed by atoms with Crippen LogP contribution in [0.2, 0.25) is 0 Å². The van der Waals surface area contributed by atoms with Crippen LogP contribution in [0.1, 0.15) is 11.1 Å². The maximum atomic E-state index is 5.19. The van der Waals surface area contributed by atoms with Crippen LogP contribution in [-0.2, 0) is 13.0 Å². The summed E-state index contributed by atoms with van der Waals surface area (Å²) in [6.07, 6.45) is 2.83. The van der Waals surface area contributed by atoms with Gasteiger partial charge in [0.05, 0.1) is 7.11 Å². The lowest BCUT2D eigenvalue weighted by Gasteiger charge is -2.19. The quantitative estimate of drug-likeness (QED) is 0.668. The number of ether oxygens (including phenoxy) is 1. The summed E-state index contributed by atoms with van der Waals surface area (Å²) >= 11 is 3.56. The molecular formula is C20H19BrN4O. The number of hydrogen-bond donors (Lipinski definition) is 1. The molecule has 132 valence electrons. The molecule has 2 aromatic carbocycles. The number of nitrogens with zero attached hydrogens (tertiary/aromatic N) is 3. The molecule has 0 bridgehead atoms. The van der Waals surface area contributed by atoms with Gasteiger partial charge >= 0.3 is 0 Å². The fourth-order valence-electron chi connectivity index (χ4n) is 3.10. The van der Waals surface area contributed by atoms with Crippen molar-refractivity contribution in [2.24, 2.45) is 0 Å². The zero-order valence-electron chi connectivity index (χ0n) is 14.4. The average molecular weight is 411 g/mol. The predicted octanol–water partition coefficient (Wildman–Crippen LogP) is 4.55. The molecule has 3 aromatic rings. The lowest BCUT2D eigenvalue weighted by Crippen LogP contribution is -2.16. The standard InChI is InChI=1S/C20H19BrN4O/c1-26-17-6-2-14(3-7-17)13-23-20-22-10-8-19(24-20)25-11-9-15-4-5-16(21)12-18(15)25/h2-8,10,12H,9,11,13H2,1H3,(H,22,23,24). The van der Waals surface area contributed by atoms with Crippen LogP contribution in [0, 0.1) is 0 Å².